The summed E-state index contributed by atoms with van der Waals surface area (Å²) in [7, 11) is 0. The predicted octanol–water partition coefficient (Wildman–Crippen LogP) is 4.90. The molecule has 5 rings (SSSR count). The van der Waals surface area contributed by atoms with Crippen LogP contribution in [0.25, 0.3) is 0 Å². The molecule has 1 aliphatic carbocycles. The van der Waals surface area contributed by atoms with Gasteiger partial charge in [-0.05, 0) is 72.9 Å². The van der Waals surface area contributed by atoms with Crippen molar-refractivity contribution in [3.63, 3.8) is 0 Å². The van der Waals surface area contributed by atoms with Crippen molar-refractivity contribution in [2.24, 2.45) is 11.7 Å². The van der Waals surface area contributed by atoms with E-state index in [1.54, 1.807) is 29.2 Å². The zero-order valence-electron chi connectivity index (χ0n) is 20.0. The number of carboxylic acid groups (broad SMARTS) is 1. The van der Waals surface area contributed by atoms with Gasteiger partial charge in [0.05, 0.1) is 5.69 Å². The molecule has 2 aliphatic rings. The monoisotopic (exact) mass is 502 g/mol. The van der Waals surface area contributed by atoms with Crippen LogP contribution in [0.15, 0.2) is 72.8 Å². The van der Waals surface area contributed by atoms with Gasteiger partial charge in [0.15, 0.2) is 0 Å². The number of hydrogen-bond donors (Lipinski definition) is 2. The van der Waals surface area contributed by atoms with Gasteiger partial charge in [0.25, 0.3) is 5.91 Å². The topological polar surface area (TPSA) is 110 Å². The Bertz CT molecular complexity index is 1330. The number of carbonyl (C=O) groups is 3. The van der Waals surface area contributed by atoms with Crippen molar-refractivity contribution >= 4 is 23.9 Å². The number of hydrogen-bond acceptors (Lipinski definition) is 5. The first kappa shape index (κ1) is 24.6. The molecule has 3 aromatic carbocycles. The molecule has 37 heavy (non-hydrogen) atoms. The molecule has 1 heterocycles. The third-order valence-electron chi connectivity index (χ3n) is 7.55. The second-order valence-electron chi connectivity index (χ2n) is 9.67. The van der Waals surface area contributed by atoms with Gasteiger partial charge in [-0.1, -0.05) is 30.7 Å². The largest absolute Gasteiger partial charge is 0.480 e. The zero-order valence-corrected chi connectivity index (χ0v) is 20.0. The van der Waals surface area contributed by atoms with E-state index < -0.39 is 23.2 Å². The van der Waals surface area contributed by atoms with E-state index in [0.29, 0.717) is 47.4 Å². The molecule has 7 nitrogen and oxygen atoms in total. The van der Waals surface area contributed by atoms with Crippen molar-refractivity contribution in [1.82, 2.24) is 0 Å². The maximum atomic E-state index is 14.5. The lowest BCUT2D eigenvalue weighted by Crippen LogP contribution is -2.60. The number of fused-ring (bicyclic) bond motifs is 2. The summed E-state index contributed by atoms with van der Waals surface area (Å²) in [6.07, 6.45) is 2.15. The summed E-state index contributed by atoms with van der Waals surface area (Å²) in [4.78, 5) is 39.2. The third-order valence-corrected chi connectivity index (χ3v) is 7.55. The van der Waals surface area contributed by atoms with Gasteiger partial charge in [0.2, 0.25) is 0 Å². The van der Waals surface area contributed by atoms with Gasteiger partial charge >= 0.3 is 5.97 Å². The molecule has 1 aliphatic heterocycles. The van der Waals surface area contributed by atoms with Crippen molar-refractivity contribution in [2.75, 3.05) is 4.90 Å². The second kappa shape index (κ2) is 9.78. The molecule has 8 heteroatoms. The number of rotatable bonds is 7. The molecule has 1 amide bonds. The number of carboxylic acids is 1. The lowest BCUT2D eigenvalue weighted by Gasteiger charge is -2.48. The zero-order chi connectivity index (χ0) is 26.2. The molecule has 190 valence electrons. The van der Waals surface area contributed by atoms with E-state index >= 15 is 0 Å². The number of carbonyl (C=O) groups excluding carboxylic acids is 2. The molecule has 0 aromatic heterocycles. The molecule has 1 fully saturated rings. The van der Waals surface area contributed by atoms with Gasteiger partial charge in [0, 0.05) is 23.9 Å². The van der Waals surface area contributed by atoms with E-state index in [1.165, 1.54) is 18.2 Å². The van der Waals surface area contributed by atoms with E-state index in [0.717, 1.165) is 6.42 Å². The number of anilines is 1. The minimum atomic E-state index is -1.87. The van der Waals surface area contributed by atoms with Crippen molar-refractivity contribution in [2.45, 2.75) is 43.2 Å². The number of halogens is 1. The summed E-state index contributed by atoms with van der Waals surface area (Å²) < 4.78 is 20.3. The molecule has 4 atom stereocenters. The highest BCUT2D eigenvalue weighted by Gasteiger charge is 2.55. The van der Waals surface area contributed by atoms with Crippen molar-refractivity contribution in [3.05, 3.63) is 89.7 Å². The molecule has 4 unspecified atom stereocenters. The van der Waals surface area contributed by atoms with Gasteiger partial charge in [-0.3, -0.25) is 9.59 Å². The SMILES string of the molecule is NC(CC=O)(C(=O)O)C1c2ccc(F)cc2N(C(=O)c2ccc(Oc3ccccc3)cc2)C2CCCC21. The molecule has 0 bridgehead atoms. The Hall–Kier alpha value is -4.04. The van der Waals surface area contributed by atoms with E-state index in [4.69, 9.17) is 10.5 Å². The van der Waals surface area contributed by atoms with Gasteiger partial charge in [0.1, 0.15) is 29.1 Å². The van der Waals surface area contributed by atoms with Gasteiger partial charge in [-0.25, -0.2) is 4.39 Å². The van der Waals surface area contributed by atoms with Crippen LogP contribution < -0.4 is 15.4 Å². The van der Waals surface area contributed by atoms with E-state index in [9.17, 15) is 23.9 Å². The van der Waals surface area contributed by atoms with E-state index in [-0.39, 0.29) is 24.3 Å². The number of benzene rings is 3. The fourth-order valence-corrected chi connectivity index (χ4v) is 5.91. The average molecular weight is 503 g/mol. The molecule has 0 saturated heterocycles. The highest BCUT2D eigenvalue weighted by atomic mass is 19.1. The van der Waals surface area contributed by atoms with Crippen LogP contribution in [0, 0.1) is 11.7 Å². The normalized spacial score (nSPS) is 21.9. The Kier molecular flexibility index (Phi) is 6.52. The number of aldehydes is 1. The fourth-order valence-electron chi connectivity index (χ4n) is 5.91. The maximum absolute atomic E-state index is 14.5. The summed E-state index contributed by atoms with van der Waals surface area (Å²) in [5.41, 5.74) is 5.69. The highest BCUT2D eigenvalue weighted by molar-refractivity contribution is 6.07. The quantitative estimate of drug-likeness (QED) is 0.445. The van der Waals surface area contributed by atoms with E-state index in [1.807, 2.05) is 30.3 Å². The Morgan fingerprint density at radius 3 is 2.43 bits per heavy atom. The Morgan fingerprint density at radius 2 is 1.76 bits per heavy atom. The molecular weight excluding hydrogens is 475 g/mol. The number of ether oxygens (including phenoxy) is 1. The summed E-state index contributed by atoms with van der Waals surface area (Å²) in [6, 6.07) is 19.6. The van der Waals surface area contributed by atoms with Crippen LogP contribution in [0.1, 0.15) is 47.5 Å². The summed E-state index contributed by atoms with van der Waals surface area (Å²) in [5.74, 6) is -1.96. The summed E-state index contributed by atoms with van der Waals surface area (Å²) >= 11 is 0. The van der Waals surface area contributed by atoms with Crippen LogP contribution in [0.4, 0.5) is 10.1 Å². The minimum Gasteiger partial charge on any atom is -0.480 e. The van der Waals surface area contributed by atoms with Crippen LogP contribution in [0.5, 0.6) is 11.5 Å². The Labute approximate surface area is 213 Å². The predicted molar refractivity (Wildman–Crippen MR) is 135 cm³/mol. The van der Waals surface area contributed by atoms with Crippen molar-refractivity contribution < 1.29 is 28.6 Å². The highest BCUT2D eigenvalue weighted by Crippen LogP contribution is 2.53. The number of nitrogens with two attached hydrogens (primary N) is 1. The fraction of sp³-hybridized carbons (Fsp3) is 0.276. The standard InChI is InChI=1S/C29H27FN2O5/c30-19-11-14-23-25(17-19)32(24-8-4-7-22(24)26(23)29(31,15-16-33)28(35)36)27(34)18-9-12-21(13-10-18)37-20-5-2-1-3-6-20/h1-3,5-6,9-14,16-17,22,24,26H,4,7-8,15,31H2,(H,35,36). The van der Waals surface area contributed by atoms with Crippen molar-refractivity contribution in [3.8, 4) is 11.5 Å². The van der Waals surface area contributed by atoms with E-state index in [2.05, 4.69) is 0 Å². The first-order valence-corrected chi connectivity index (χ1v) is 12.3. The van der Waals surface area contributed by atoms with Crippen LogP contribution >= 0.6 is 0 Å². The summed E-state index contributed by atoms with van der Waals surface area (Å²) in [6.45, 7) is 0. The van der Waals surface area contributed by atoms with Gasteiger partial charge in [-0.2, -0.15) is 0 Å². The lowest BCUT2D eigenvalue weighted by atomic mass is 9.66. The minimum absolute atomic E-state index is 0.288. The third kappa shape index (κ3) is 4.38. The molecule has 0 radical (unpaired) electrons. The number of amides is 1. The molecule has 1 saturated carbocycles. The van der Waals surface area contributed by atoms with Crippen LogP contribution in [-0.2, 0) is 9.59 Å². The molecular formula is C29H27FN2O5. The van der Waals surface area contributed by atoms with Gasteiger partial charge < -0.3 is 25.3 Å². The molecule has 0 spiro atoms. The van der Waals surface area contributed by atoms with Crippen LogP contribution in [0.2, 0.25) is 0 Å². The first-order chi connectivity index (χ1) is 17.8. The first-order valence-electron chi connectivity index (χ1n) is 12.3. The number of nitrogens with zero attached hydrogens (tertiary/aromatic N) is 1. The van der Waals surface area contributed by atoms with Crippen LogP contribution in [0.3, 0.4) is 0 Å². The Balaban J connectivity index is 1.54. The number of para-hydroxylation sites is 1. The second-order valence-corrected chi connectivity index (χ2v) is 9.67. The molecule has 3 aromatic rings. The Morgan fingerprint density at radius 1 is 1.05 bits per heavy atom. The number of aliphatic carboxylic acids is 1. The smallest absolute Gasteiger partial charge is 0.324 e. The lowest BCUT2D eigenvalue weighted by molar-refractivity contribution is -0.146. The van der Waals surface area contributed by atoms with Crippen LogP contribution in [-0.4, -0.2) is 34.8 Å². The molecule has 3 N–H and O–H groups in total. The maximum Gasteiger partial charge on any atom is 0.324 e. The van der Waals surface area contributed by atoms with Gasteiger partial charge in [-0.15, -0.1) is 0 Å². The van der Waals surface area contributed by atoms with Crippen molar-refractivity contribution in [1.29, 1.82) is 0 Å². The average Bonchev–Trinajstić information content (AvgIpc) is 3.37. The summed E-state index contributed by atoms with van der Waals surface area (Å²) in [5, 5.41) is 10.1.